The fraction of sp³-hybridized carbons (Fsp3) is 0.300. The second kappa shape index (κ2) is 4.18. The molecule has 0 radical (unpaired) electrons. The van der Waals surface area contributed by atoms with E-state index in [1.807, 2.05) is 0 Å². The Bertz CT molecular complexity index is 397. The Morgan fingerprint density at radius 2 is 1.93 bits per heavy atom. The molecule has 82 valence electrons. The Labute approximate surface area is 86.5 Å². The quantitative estimate of drug-likeness (QED) is 0.649. The number of phenols is 3. The van der Waals surface area contributed by atoms with Gasteiger partial charge in [-0.3, -0.25) is 4.79 Å². The van der Waals surface area contributed by atoms with E-state index < -0.39 is 17.3 Å². The average molecular weight is 212 g/mol. The molecule has 0 aliphatic rings. The Morgan fingerprint density at radius 1 is 1.33 bits per heavy atom. The third-order valence-corrected chi connectivity index (χ3v) is 2.06. The number of ether oxygens (including phenoxy) is 1. The van der Waals surface area contributed by atoms with Gasteiger partial charge in [0.2, 0.25) is 0 Å². The molecule has 0 aliphatic carbocycles. The van der Waals surface area contributed by atoms with Crippen LogP contribution in [0, 0.1) is 6.92 Å². The average Bonchev–Trinajstić information content (AvgIpc) is 2.15. The predicted molar refractivity (Wildman–Crippen MR) is 52.4 cm³/mol. The molecular formula is C10H12O5. The van der Waals surface area contributed by atoms with Crippen LogP contribution >= 0.6 is 0 Å². The zero-order chi connectivity index (χ0) is 11.6. The van der Waals surface area contributed by atoms with E-state index in [-0.39, 0.29) is 23.5 Å². The topological polar surface area (TPSA) is 87.0 Å². The first-order chi connectivity index (χ1) is 6.99. The molecule has 5 nitrogen and oxygen atoms in total. The summed E-state index contributed by atoms with van der Waals surface area (Å²) in [7, 11) is 1.33. The largest absolute Gasteiger partial charge is 0.507 e. The van der Waals surface area contributed by atoms with E-state index in [1.165, 1.54) is 14.0 Å². The molecule has 15 heavy (non-hydrogen) atoms. The van der Waals surface area contributed by atoms with Crippen molar-refractivity contribution < 1.29 is 24.9 Å². The molecule has 1 rings (SSSR count). The SMILES string of the molecule is COCC(=O)c1c(O)cc(O)c(C)c1O. The standard InChI is InChI=1S/C10H12O5/c1-5-6(11)3-7(12)9(10(5)14)8(13)4-15-2/h3,11-12,14H,4H2,1-2H3. The molecule has 0 bridgehead atoms. The molecule has 0 unspecified atom stereocenters. The highest BCUT2D eigenvalue weighted by atomic mass is 16.5. The van der Waals surface area contributed by atoms with Gasteiger partial charge in [0, 0.05) is 18.7 Å². The highest BCUT2D eigenvalue weighted by Gasteiger charge is 2.20. The zero-order valence-corrected chi connectivity index (χ0v) is 8.44. The van der Waals surface area contributed by atoms with Crippen molar-refractivity contribution in [3.8, 4) is 17.2 Å². The number of carbonyl (C=O) groups excluding carboxylic acids is 1. The van der Waals surface area contributed by atoms with E-state index in [2.05, 4.69) is 4.74 Å². The van der Waals surface area contributed by atoms with E-state index in [0.717, 1.165) is 6.07 Å². The fourth-order valence-electron chi connectivity index (χ4n) is 1.22. The molecule has 0 amide bonds. The molecule has 0 heterocycles. The van der Waals surface area contributed by atoms with Crippen molar-refractivity contribution in [1.29, 1.82) is 0 Å². The van der Waals surface area contributed by atoms with Gasteiger partial charge in [0.1, 0.15) is 29.4 Å². The van der Waals surface area contributed by atoms with Gasteiger partial charge in [-0.25, -0.2) is 0 Å². The number of benzene rings is 1. The van der Waals surface area contributed by atoms with E-state index in [9.17, 15) is 20.1 Å². The Balaban J connectivity index is 3.29. The summed E-state index contributed by atoms with van der Waals surface area (Å²) in [6.45, 7) is 1.19. The number of Topliss-reactive ketones (excluding diaryl/α,β-unsaturated/α-hetero) is 1. The van der Waals surface area contributed by atoms with Crippen LogP contribution in [0.1, 0.15) is 15.9 Å². The molecule has 0 aliphatic heterocycles. The highest BCUT2D eigenvalue weighted by molar-refractivity contribution is 6.02. The summed E-state index contributed by atoms with van der Waals surface area (Å²) >= 11 is 0. The summed E-state index contributed by atoms with van der Waals surface area (Å²) in [5, 5.41) is 28.2. The lowest BCUT2D eigenvalue weighted by atomic mass is 10.0. The van der Waals surface area contributed by atoms with Crippen LogP contribution in [0.3, 0.4) is 0 Å². The molecular weight excluding hydrogens is 200 g/mol. The minimum absolute atomic E-state index is 0.146. The predicted octanol–water partition coefficient (Wildman–Crippen LogP) is 0.941. The van der Waals surface area contributed by atoms with E-state index in [1.54, 1.807) is 0 Å². The number of rotatable bonds is 3. The Morgan fingerprint density at radius 3 is 2.47 bits per heavy atom. The lowest BCUT2D eigenvalue weighted by Crippen LogP contribution is -2.08. The van der Waals surface area contributed by atoms with Crippen LogP contribution in [0.4, 0.5) is 0 Å². The number of carbonyl (C=O) groups is 1. The van der Waals surface area contributed by atoms with Crippen LogP contribution < -0.4 is 0 Å². The fourth-order valence-corrected chi connectivity index (χ4v) is 1.22. The number of phenolic OH excluding ortho intramolecular Hbond substituents is 3. The summed E-state index contributed by atoms with van der Waals surface area (Å²) in [6.07, 6.45) is 0. The molecule has 1 aromatic carbocycles. The van der Waals surface area contributed by atoms with E-state index >= 15 is 0 Å². The van der Waals surface area contributed by atoms with Gasteiger partial charge in [0.25, 0.3) is 0 Å². The number of hydrogen-bond acceptors (Lipinski definition) is 5. The zero-order valence-electron chi connectivity index (χ0n) is 8.44. The van der Waals surface area contributed by atoms with Gasteiger partial charge in [0.15, 0.2) is 5.78 Å². The summed E-state index contributed by atoms with van der Waals surface area (Å²) in [4.78, 5) is 11.4. The van der Waals surface area contributed by atoms with Gasteiger partial charge in [-0.05, 0) is 6.92 Å². The molecule has 5 heteroatoms. The van der Waals surface area contributed by atoms with Gasteiger partial charge in [-0.2, -0.15) is 0 Å². The monoisotopic (exact) mass is 212 g/mol. The van der Waals surface area contributed by atoms with Gasteiger partial charge in [-0.1, -0.05) is 0 Å². The smallest absolute Gasteiger partial charge is 0.195 e. The number of hydrogen-bond donors (Lipinski definition) is 3. The van der Waals surface area contributed by atoms with Crippen molar-refractivity contribution >= 4 is 5.78 Å². The molecule has 0 spiro atoms. The maximum Gasteiger partial charge on any atom is 0.195 e. The van der Waals surface area contributed by atoms with Crippen molar-refractivity contribution in [1.82, 2.24) is 0 Å². The van der Waals surface area contributed by atoms with Crippen LogP contribution in [-0.4, -0.2) is 34.8 Å². The lowest BCUT2D eigenvalue weighted by Gasteiger charge is -2.09. The van der Waals surface area contributed by atoms with E-state index in [4.69, 9.17) is 0 Å². The van der Waals surface area contributed by atoms with E-state index in [0.29, 0.717) is 0 Å². The van der Waals surface area contributed by atoms with Crippen molar-refractivity contribution in [3.05, 3.63) is 17.2 Å². The first-order valence-corrected chi connectivity index (χ1v) is 4.25. The van der Waals surface area contributed by atoms with Crippen LogP contribution in [0.2, 0.25) is 0 Å². The Hall–Kier alpha value is -1.75. The van der Waals surface area contributed by atoms with Crippen molar-refractivity contribution in [2.75, 3.05) is 13.7 Å². The summed E-state index contributed by atoms with van der Waals surface area (Å²) in [5.74, 6) is -1.69. The molecule has 0 fully saturated rings. The molecule has 3 N–H and O–H groups in total. The first kappa shape index (κ1) is 11.3. The maximum atomic E-state index is 11.4. The summed E-state index contributed by atoms with van der Waals surface area (Å²) < 4.78 is 4.60. The van der Waals surface area contributed by atoms with Crippen LogP contribution in [-0.2, 0) is 4.74 Å². The molecule has 1 aromatic rings. The minimum Gasteiger partial charge on any atom is -0.507 e. The highest BCUT2D eigenvalue weighted by Crippen LogP contribution is 2.36. The minimum atomic E-state index is -0.546. The Kier molecular flexibility index (Phi) is 3.16. The van der Waals surface area contributed by atoms with Crippen molar-refractivity contribution in [2.24, 2.45) is 0 Å². The third kappa shape index (κ3) is 2.02. The van der Waals surface area contributed by atoms with Crippen molar-refractivity contribution in [3.63, 3.8) is 0 Å². The molecule has 0 saturated carbocycles. The maximum absolute atomic E-state index is 11.4. The molecule has 0 aromatic heterocycles. The summed E-state index contributed by atoms with van der Waals surface area (Å²) in [5.41, 5.74) is -0.0839. The van der Waals surface area contributed by atoms with Gasteiger partial charge >= 0.3 is 0 Å². The van der Waals surface area contributed by atoms with Crippen LogP contribution in [0.25, 0.3) is 0 Å². The second-order valence-electron chi connectivity index (χ2n) is 3.12. The number of ketones is 1. The number of methoxy groups -OCH3 is 1. The molecule has 0 saturated heterocycles. The molecule has 0 atom stereocenters. The van der Waals surface area contributed by atoms with Gasteiger partial charge in [0.05, 0.1) is 0 Å². The first-order valence-electron chi connectivity index (χ1n) is 4.25. The number of aromatic hydroxyl groups is 3. The van der Waals surface area contributed by atoms with Crippen LogP contribution in [0.15, 0.2) is 6.07 Å². The van der Waals surface area contributed by atoms with Gasteiger partial charge < -0.3 is 20.1 Å². The third-order valence-electron chi connectivity index (χ3n) is 2.06. The normalized spacial score (nSPS) is 10.3. The summed E-state index contributed by atoms with van der Waals surface area (Å²) in [6, 6.07) is 1.01. The lowest BCUT2D eigenvalue weighted by molar-refractivity contribution is 0.0842. The van der Waals surface area contributed by atoms with Crippen molar-refractivity contribution in [2.45, 2.75) is 6.92 Å². The van der Waals surface area contributed by atoms with Gasteiger partial charge in [-0.15, -0.1) is 0 Å². The van der Waals surface area contributed by atoms with Crippen LogP contribution in [0.5, 0.6) is 17.2 Å². The second-order valence-corrected chi connectivity index (χ2v) is 3.12.